The van der Waals surface area contributed by atoms with Crippen molar-refractivity contribution >= 4 is 29.1 Å². The van der Waals surface area contributed by atoms with Crippen LogP contribution in [0.25, 0.3) is 0 Å². The van der Waals surface area contributed by atoms with Crippen molar-refractivity contribution in [2.45, 2.75) is 62.9 Å². The lowest BCUT2D eigenvalue weighted by molar-refractivity contribution is -0.117. The van der Waals surface area contributed by atoms with E-state index < -0.39 is 0 Å². The Bertz CT molecular complexity index is 1040. The first-order valence-electron chi connectivity index (χ1n) is 10.6. The Hall–Kier alpha value is -2.28. The van der Waals surface area contributed by atoms with Crippen molar-refractivity contribution in [2.24, 2.45) is 5.41 Å². The molecule has 2 fully saturated rings. The maximum Gasteiger partial charge on any atom is 0.227 e. The monoisotopic (exact) mass is 422 g/mol. The van der Waals surface area contributed by atoms with Gasteiger partial charge in [0.25, 0.3) is 0 Å². The average Bonchev–Trinajstić information content (AvgIpc) is 3.32. The van der Waals surface area contributed by atoms with Crippen molar-refractivity contribution in [3.8, 4) is 0 Å². The van der Waals surface area contributed by atoms with Crippen LogP contribution in [0, 0.1) is 5.41 Å². The molecule has 156 valence electrons. The van der Waals surface area contributed by atoms with E-state index in [-0.39, 0.29) is 28.3 Å². The summed E-state index contributed by atoms with van der Waals surface area (Å²) in [5.41, 5.74) is 3.81. The van der Waals surface area contributed by atoms with E-state index in [0.29, 0.717) is 23.1 Å². The lowest BCUT2D eigenvalue weighted by Crippen LogP contribution is -2.32. The SMILES string of the molecule is CC1(C)[C@@H]2CC[C@]1(C)c1nc(SCC(=O)c3ccc(N4CCCC4=O)cc3)nnc12. The molecule has 7 heteroatoms. The standard InChI is InChI=1S/C23H26N4O2S/c1-22(2)16-10-11-23(22,3)20-19(16)25-26-21(24-20)30-13-17(28)14-6-8-15(9-7-14)27-12-4-5-18(27)29/h6-9,16H,4-5,10-13H2,1-3H3/t16-,23-/m1/s1. The molecule has 1 aromatic carbocycles. The molecule has 2 heterocycles. The molecule has 0 radical (unpaired) electrons. The first-order chi connectivity index (χ1) is 14.3. The summed E-state index contributed by atoms with van der Waals surface area (Å²) in [4.78, 5) is 31.2. The lowest BCUT2D eigenvalue weighted by Gasteiger charge is -2.33. The Balaban J connectivity index is 1.27. The number of amides is 1. The number of rotatable bonds is 5. The number of benzene rings is 1. The summed E-state index contributed by atoms with van der Waals surface area (Å²) in [6, 6.07) is 7.31. The molecule has 5 rings (SSSR count). The second-order valence-corrected chi connectivity index (χ2v) is 10.3. The van der Waals surface area contributed by atoms with Crippen molar-refractivity contribution in [3.05, 3.63) is 41.2 Å². The highest BCUT2D eigenvalue weighted by Crippen LogP contribution is 2.66. The predicted octanol–water partition coefficient (Wildman–Crippen LogP) is 4.15. The summed E-state index contributed by atoms with van der Waals surface area (Å²) in [6.07, 6.45) is 3.77. The van der Waals surface area contributed by atoms with Crippen molar-refractivity contribution in [2.75, 3.05) is 17.2 Å². The average molecular weight is 423 g/mol. The number of anilines is 1. The number of aromatic nitrogens is 3. The van der Waals surface area contributed by atoms with E-state index in [0.717, 1.165) is 42.9 Å². The highest BCUT2D eigenvalue weighted by Gasteiger charge is 2.61. The number of carbonyl (C=O) groups is 2. The van der Waals surface area contributed by atoms with Gasteiger partial charge in [-0.15, -0.1) is 5.10 Å². The number of nitrogens with zero attached hydrogens (tertiary/aromatic N) is 4. The minimum atomic E-state index is 0.0245. The minimum absolute atomic E-state index is 0.0245. The van der Waals surface area contributed by atoms with Gasteiger partial charge in [0.05, 0.1) is 17.1 Å². The second kappa shape index (κ2) is 6.87. The quantitative estimate of drug-likeness (QED) is 0.532. The van der Waals surface area contributed by atoms with Gasteiger partial charge in [0.1, 0.15) is 0 Å². The van der Waals surface area contributed by atoms with Crippen LogP contribution in [0.5, 0.6) is 0 Å². The van der Waals surface area contributed by atoms with E-state index in [1.165, 1.54) is 11.8 Å². The molecule has 1 amide bonds. The summed E-state index contributed by atoms with van der Waals surface area (Å²) in [7, 11) is 0. The molecular formula is C23H26N4O2S. The second-order valence-electron chi connectivity index (χ2n) is 9.38. The highest BCUT2D eigenvalue weighted by molar-refractivity contribution is 7.99. The fraction of sp³-hybridized carbons (Fsp3) is 0.522. The summed E-state index contributed by atoms with van der Waals surface area (Å²) in [5.74, 6) is 0.874. The third-order valence-electron chi connectivity index (χ3n) is 7.68. The third-order valence-corrected chi connectivity index (χ3v) is 8.52. The zero-order valence-electron chi connectivity index (χ0n) is 17.6. The Labute approximate surface area is 180 Å². The summed E-state index contributed by atoms with van der Waals surface area (Å²) in [6.45, 7) is 7.66. The molecular weight excluding hydrogens is 396 g/mol. The molecule has 2 atom stereocenters. The normalized spacial score (nSPS) is 26.3. The fourth-order valence-corrected chi connectivity index (χ4v) is 6.07. The molecule has 0 N–H and O–H groups in total. The Kier molecular flexibility index (Phi) is 4.51. The van der Waals surface area contributed by atoms with Crippen molar-refractivity contribution in [1.29, 1.82) is 0 Å². The van der Waals surface area contributed by atoms with Gasteiger partial charge in [-0.25, -0.2) is 4.98 Å². The van der Waals surface area contributed by atoms with E-state index in [9.17, 15) is 9.59 Å². The van der Waals surface area contributed by atoms with Crippen molar-refractivity contribution in [3.63, 3.8) is 0 Å². The molecule has 0 spiro atoms. The largest absolute Gasteiger partial charge is 0.312 e. The van der Waals surface area contributed by atoms with Crippen molar-refractivity contribution in [1.82, 2.24) is 15.2 Å². The van der Waals surface area contributed by atoms with Crippen LogP contribution in [-0.2, 0) is 10.2 Å². The van der Waals surface area contributed by atoms with Crippen LogP contribution in [0.15, 0.2) is 29.4 Å². The summed E-state index contributed by atoms with van der Waals surface area (Å²) >= 11 is 1.35. The van der Waals surface area contributed by atoms with Crippen LogP contribution in [0.2, 0.25) is 0 Å². The maximum atomic E-state index is 12.7. The molecule has 2 aliphatic carbocycles. The lowest BCUT2D eigenvalue weighted by atomic mass is 9.70. The molecule has 2 aromatic rings. The molecule has 0 unspecified atom stereocenters. The van der Waals surface area contributed by atoms with Gasteiger partial charge < -0.3 is 4.90 Å². The van der Waals surface area contributed by atoms with Crippen LogP contribution < -0.4 is 4.90 Å². The molecule has 1 saturated carbocycles. The van der Waals surface area contributed by atoms with Crippen molar-refractivity contribution < 1.29 is 9.59 Å². The zero-order valence-corrected chi connectivity index (χ0v) is 18.5. The van der Waals surface area contributed by atoms with Gasteiger partial charge in [0.2, 0.25) is 11.1 Å². The van der Waals surface area contributed by atoms with E-state index >= 15 is 0 Å². The van der Waals surface area contributed by atoms with Gasteiger partial charge in [0.15, 0.2) is 5.78 Å². The van der Waals surface area contributed by atoms with Crippen LogP contribution in [0.3, 0.4) is 0 Å². The number of fused-ring (bicyclic) bond motifs is 5. The number of Topliss-reactive ketones (excluding diaryl/α,β-unsaturated/α-hetero) is 1. The molecule has 2 bridgehead atoms. The number of hydrogen-bond acceptors (Lipinski definition) is 6. The summed E-state index contributed by atoms with van der Waals surface area (Å²) < 4.78 is 0. The first kappa shape index (κ1) is 19.7. The number of carbonyl (C=O) groups excluding carboxylic acids is 2. The third kappa shape index (κ3) is 2.82. The number of thioether (sulfide) groups is 1. The Morgan fingerprint density at radius 2 is 1.97 bits per heavy atom. The van der Waals surface area contributed by atoms with Gasteiger partial charge in [-0.2, -0.15) is 5.10 Å². The van der Waals surface area contributed by atoms with Gasteiger partial charge in [-0.1, -0.05) is 32.5 Å². The smallest absolute Gasteiger partial charge is 0.227 e. The molecule has 6 nitrogen and oxygen atoms in total. The van der Waals surface area contributed by atoms with Crippen LogP contribution in [-0.4, -0.2) is 39.2 Å². The van der Waals surface area contributed by atoms with Gasteiger partial charge in [-0.05, 0) is 48.9 Å². The number of ketones is 1. The molecule has 1 saturated heterocycles. The fourth-order valence-electron chi connectivity index (χ4n) is 5.39. The Morgan fingerprint density at radius 3 is 2.67 bits per heavy atom. The van der Waals surface area contributed by atoms with E-state index in [1.54, 1.807) is 17.0 Å². The van der Waals surface area contributed by atoms with E-state index in [1.807, 2.05) is 12.1 Å². The topological polar surface area (TPSA) is 76.1 Å². The first-order valence-corrected chi connectivity index (χ1v) is 11.6. The van der Waals surface area contributed by atoms with Gasteiger partial charge in [0, 0.05) is 35.5 Å². The molecule has 1 aliphatic heterocycles. The highest BCUT2D eigenvalue weighted by atomic mass is 32.2. The van der Waals surface area contributed by atoms with Gasteiger partial charge in [-0.3, -0.25) is 9.59 Å². The number of hydrogen-bond donors (Lipinski definition) is 0. The van der Waals surface area contributed by atoms with E-state index in [4.69, 9.17) is 4.98 Å². The van der Waals surface area contributed by atoms with Crippen LogP contribution >= 0.6 is 11.8 Å². The molecule has 1 aromatic heterocycles. The molecule has 30 heavy (non-hydrogen) atoms. The Morgan fingerprint density at radius 1 is 1.20 bits per heavy atom. The zero-order chi connectivity index (χ0) is 21.1. The van der Waals surface area contributed by atoms with E-state index in [2.05, 4.69) is 31.0 Å². The minimum Gasteiger partial charge on any atom is -0.312 e. The predicted molar refractivity (Wildman–Crippen MR) is 116 cm³/mol. The maximum absolute atomic E-state index is 12.7. The van der Waals surface area contributed by atoms with Crippen LogP contribution in [0.4, 0.5) is 5.69 Å². The summed E-state index contributed by atoms with van der Waals surface area (Å²) in [5, 5.41) is 9.40. The van der Waals surface area contributed by atoms with Crippen LogP contribution in [0.1, 0.15) is 74.1 Å². The molecule has 3 aliphatic rings. The van der Waals surface area contributed by atoms with Gasteiger partial charge >= 0.3 is 0 Å².